The summed E-state index contributed by atoms with van der Waals surface area (Å²) in [5.41, 5.74) is 0.769. The third kappa shape index (κ3) is 6.26. The van der Waals surface area contributed by atoms with E-state index in [9.17, 15) is 19.2 Å². The summed E-state index contributed by atoms with van der Waals surface area (Å²) in [4.78, 5) is 47.2. The van der Waals surface area contributed by atoms with Crippen molar-refractivity contribution in [1.82, 2.24) is 0 Å². The maximum absolute atomic E-state index is 12.3. The van der Waals surface area contributed by atoms with Crippen LogP contribution in [0.2, 0.25) is 0 Å². The molecule has 10 heteroatoms. The normalized spacial score (nSPS) is 25.7. The summed E-state index contributed by atoms with van der Waals surface area (Å²) < 4.78 is 31.8. The van der Waals surface area contributed by atoms with Crippen molar-refractivity contribution in [2.45, 2.75) is 58.1 Å². The Hall–Kier alpha value is -2.98. The maximum Gasteiger partial charge on any atom is 0.339 e. The van der Waals surface area contributed by atoms with Crippen LogP contribution in [0, 0.1) is 0 Å². The van der Waals surface area contributed by atoms with Crippen molar-refractivity contribution in [3.8, 4) is 0 Å². The number of rotatable bonds is 7. The van der Waals surface area contributed by atoms with E-state index in [2.05, 4.69) is 0 Å². The van der Waals surface area contributed by atoms with E-state index in [4.69, 9.17) is 28.4 Å². The van der Waals surface area contributed by atoms with Crippen LogP contribution >= 0.6 is 0 Å². The maximum atomic E-state index is 12.3. The zero-order valence-corrected chi connectivity index (χ0v) is 17.1. The second-order valence-corrected chi connectivity index (χ2v) is 6.47. The van der Waals surface area contributed by atoms with Gasteiger partial charge in [-0.2, -0.15) is 0 Å². The Morgan fingerprint density at radius 3 is 1.93 bits per heavy atom. The molecule has 0 amide bonds. The molecule has 1 aromatic carbocycles. The first-order valence-corrected chi connectivity index (χ1v) is 9.13. The van der Waals surface area contributed by atoms with Gasteiger partial charge in [0.25, 0.3) is 0 Å². The van der Waals surface area contributed by atoms with Crippen LogP contribution in [0.15, 0.2) is 30.3 Å². The molecule has 0 spiro atoms. The number of carbonyl (C=O) groups is 4. The van der Waals surface area contributed by atoms with Crippen molar-refractivity contribution in [3.05, 3.63) is 35.9 Å². The lowest BCUT2D eigenvalue weighted by atomic mass is 9.97. The molecule has 164 valence electrons. The summed E-state index contributed by atoms with van der Waals surface area (Å²) in [7, 11) is 1.12. The van der Waals surface area contributed by atoms with Crippen molar-refractivity contribution < 1.29 is 47.6 Å². The average Bonchev–Trinajstić information content (AvgIpc) is 2.68. The number of hydrogen-bond acceptors (Lipinski definition) is 10. The number of benzene rings is 1. The molecule has 0 aromatic heterocycles. The Bertz CT molecular complexity index is 762. The van der Waals surface area contributed by atoms with E-state index in [1.807, 2.05) is 6.07 Å². The highest BCUT2D eigenvalue weighted by atomic mass is 16.7. The highest BCUT2D eigenvalue weighted by Crippen LogP contribution is 2.30. The van der Waals surface area contributed by atoms with Gasteiger partial charge in [0.05, 0.1) is 13.7 Å². The minimum absolute atomic E-state index is 0.0295. The fourth-order valence-electron chi connectivity index (χ4n) is 2.97. The molecule has 0 radical (unpaired) electrons. The van der Waals surface area contributed by atoms with Crippen molar-refractivity contribution in [3.63, 3.8) is 0 Å². The molecule has 0 unspecified atom stereocenters. The van der Waals surface area contributed by atoms with Crippen LogP contribution in [0.5, 0.6) is 0 Å². The lowest BCUT2D eigenvalue weighted by Gasteiger charge is -2.43. The van der Waals surface area contributed by atoms with E-state index in [1.165, 1.54) is 0 Å². The van der Waals surface area contributed by atoms with E-state index in [0.717, 1.165) is 33.4 Å². The Labute approximate surface area is 173 Å². The molecule has 2 rings (SSSR count). The number of ether oxygens (including phenoxy) is 6. The van der Waals surface area contributed by atoms with Crippen LogP contribution in [0.3, 0.4) is 0 Å². The lowest BCUT2D eigenvalue weighted by molar-refractivity contribution is -0.299. The third-order valence-electron chi connectivity index (χ3n) is 4.10. The van der Waals surface area contributed by atoms with Crippen LogP contribution in [0.1, 0.15) is 26.3 Å². The fourth-order valence-corrected chi connectivity index (χ4v) is 2.97. The molecular weight excluding hydrogens is 400 g/mol. The van der Waals surface area contributed by atoms with Gasteiger partial charge in [0.2, 0.25) is 6.29 Å². The molecule has 30 heavy (non-hydrogen) atoms. The standard InChI is InChI=1S/C20H24O10/c1-11(21)27-16-15(26-10-14-8-6-5-7-9-14)18(28-12(2)22)20(29-13(3)23)30-17(16)19(24)25-4/h5-9,15-18,20H,10H2,1-4H3/t15-,16-,17+,18+,20-/m0/s1. The largest absolute Gasteiger partial charge is 0.467 e. The summed E-state index contributed by atoms with van der Waals surface area (Å²) in [5, 5.41) is 0. The van der Waals surface area contributed by atoms with Gasteiger partial charge >= 0.3 is 23.9 Å². The lowest BCUT2D eigenvalue weighted by Crippen LogP contribution is -2.63. The van der Waals surface area contributed by atoms with E-state index in [0.29, 0.717) is 0 Å². The van der Waals surface area contributed by atoms with Gasteiger partial charge in [0.15, 0.2) is 18.3 Å². The number of esters is 4. The molecule has 1 fully saturated rings. The Kier molecular flexibility index (Phi) is 8.31. The minimum Gasteiger partial charge on any atom is -0.467 e. The molecule has 1 aliphatic rings. The summed E-state index contributed by atoms with van der Waals surface area (Å²) in [6, 6.07) is 9.01. The molecule has 1 heterocycles. The monoisotopic (exact) mass is 424 g/mol. The van der Waals surface area contributed by atoms with Crippen LogP contribution in [-0.2, 0) is 54.2 Å². The van der Waals surface area contributed by atoms with Gasteiger partial charge in [-0.05, 0) is 5.56 Å². The molecule has 1 aliphatic heterocycles. The molecule has 1 aromatic rings. The van der Waals surface area contributed by atoms with Gasteiger partial charge in [-0.1, -0.05) is 30.3 Å². The summed E-state index contributed by atoms with van der Waals surface area (Å²) in [5.74, 6) is -3.06. The van der Waals surface area contributed by atoms with E-state index >= 15 is 0 Å². The van der Waals surface area contributed by atoms with Gasteiger partial charge in [-0.25, -0.2) is 4.79 Å². The van der Waals surface area contributed by atoms with Crippen LogP contribution < -0.4 is 0 Å². The van der Waals surface area contributed by atoms with Crippen molar-refractivity contribution in [2.75, 3.05) is 7.11 Å². The topological polar surface area (TPSA) is 124 Å². The quantitative estimate of drug-likeness (QED) is 0.460. The predicted molar refractivity (Wildman–Crippen MR) is 98.6 cm³/mol. The summed E-state index contributed by atoms with van der Waals surface area (Å²) >= 11 is 0. The second-order valence-electron chi connectivity index (χ2n) is 6.47. The number of carbonyl (C=O) groups excluding carboxylic acids is 4. The van der Waals surface area contributed by atoms with Gasteiger partial charge in [-0.3, -0.25) is 14.4 Å². The highest BCUT2D eigenvalue weighted by molar-refractivity contribution is 5.77. The van der Waals surface area contributed by atoms with Gasteiger partial charge < -0.3 is 28.4 Å². The molecule has 5 atom stereocenters. The SMILES string of the molecule is COC(=O)[C@@H]1O[C@H](OC(C)=O)[C@H](OC(C)=O)[C@@H](OCc2ccccc2)[C@@H]1OC(C)=O. The smallest absolute Gasteiger partial charge is 0.339 e. The van der Waals surface area contributed by atoms with Crippen LogP contribution in [0.4, 0.5) is 0 Å². The Balaban J connectivity index is 2.42. The third-order valence-corrected chi connectivity index (χ3v) is 4.10. The minimum atomic E-state index is -1.48. The zero-order chi connectivity index (χ0) is 22.3. The van der Waals surface area contributed by atoms with Gasteiger partial charge in [0, 0.05) is 20.8 Å². The zero-order valence-electron chi connectivity index (χ0n) is 17.1. The number of hydrogen-bond donors (Lipinski definition) is 0. The second kappa shape index (κ2) is 10.7. The Morgan fingerprint density at radius 1 is 0.833 bits per heavy atom. The summed E-state index contributed by atoms with van der Waals surface area (Å²) in [6.45, 7) is 3.44. The molecule has 10 nitrogen and oxygen atoms in total. The van der Waals surface area contributed by atoms with Crippen LogP contribution in [0.25, 0.3) is 0 Å². The molecule has 0 bridgehead atoms. The van der Waals surface area contributed by atoms with E-state index < -0.39 is 54.6 Å². The molecule has 0 saturated carbocycles. The van der Waals surface area contributed by atoms with Gasteiger partial charge in [0.1, 0.15) is 6.10 Å². The molecule has 1 saturated heterocycles. The first-order valence-electron chi connectivity index (χ1n) is 9.13. The predicted octanol–water partition coefficient (Wildman–Crippen LogP) is 0.896. The first kappa shape index (κ1) is 23.3. The molecule has 0 N–H and O–H groups in total. The first-order chi connectivity index (χ1) is 14.2. The highest BCUT2D eigenvalue weighted by Gasteiger charge is 2.54. The van der Waals surface area contributed by atoms with E-state index in [1.54, 1.807) is 24.3 Å². The fraction of sp³-hybridized carbons (Fsp3) is 0.500. The van der Waals surface area contributed by atoms with E-state index in [-0.39, 0.29) is 6.61 Å². The van der Waals surface area contributed by atoms with Gasteiger partial charge in [-0.15, -0.1) is 0 Å². The van der Waals surface area contributed by atoms with Crippen molar-refractivity contribution in [2.24, 2.45) is 0 Å². The molecular formula is C20H24O10. The summed E-state index contributed by atoms with van der Waals surface area (Å²) in [6.07, 6.45) is -6.78. The average molecular weight is 424 g/mol. The van der Waals surface area contributed by atoms with Crippen molar-refractivity contribution >= 4 is 23.9 Å². The van der Waals surface area contributed by atoms with Crippen molar-refractivity contribution in [1.29, 1.82) is 0 Å². The van der Waals surface area contributed by atoms with Crippen LogP contribution in [-0.4, -0.2) is 61.7 Å². The number of methoxy groups -OCH3 is 1. The Morgan fingerprint density at radius 2 is 1.40 bits per heavy atom. The molecule has 0 aliphatic carbocycles.